The molecule has 1 aromatic carbocycles. The van der Waals surface area contributed by atoms with E-state index in [0.29, 0.717) is 22.7 Å². The number of aromatic nitrogens is 2. The van der Waals surface area contributed by atoms with Gasteiger partial charge < -0.3 is 10.9 Å². The molecule has 4 aliphatic rings. The SMILES string of the molecule is CC12CCC(C1)C(C)(C)[C@H]2[NH+]([NH-])C(=O)c1nn(C2CCCCC2)c2c1CCCCC2Cc1cccc(F)c1. The van der Waals surface area contributed by atoms with Gasteiger partial charge in [0.05, 0.1) is 12.1 Å². The molecule has 2 aromatic rings. The normalized spacial score (nSPS) is 31.7. The van der Waals surface area contributed by atoms with E-state index in [9.17, 15) is 15.0 Å². The number of amides is 1. The van der Waals surface area contributed by atoms with E-state index >= 15 is 0 Å². The minimum Gasteiger partial charge on any atom is -0.461 e. The highest BCUT2D eigenvalue weighted by molar-refractivity contribution is 5.87. The Morgan fingerprint density at radius 1 is 1.11 bits per heavy atom. The maximum absolute atomic E-state index is 14.3. The lowest BCUT2D eigenvalue weighted by Crippen LogP contribution is -3.15. The molecule has 2 N–H and O–H groups in total. The Balaban J connectivity index is 1.40. The number of nitrogens with one attached hydrogen (secondary N) is 2. The first kappa shape index (κ1) is 26.2. The second-order valence-corrected chi connectivity index (χ2v) is 13.8. The zero-order valence-corrected chi connectivity index (χ0v) is 23.5. The molecule has 1 heterocycles. The summed E-state index contributed by atoms with van der Waals surface area (Å²) in [6.07, 6.45) is 14.1. The second kappa shape index (κ2) is 9.85. The maximum Gasteiger partial charge on any atom is 0.355 e. The fourth-order valence-electron chi connectivity index (χ4n) is 9.21. The Morgan fingerprint density at radius 3 is 2.58 bits per heavy atom. The lowest BCUT2D eigenvalue weighted by molar-refractivity contribution is -0.808. The average Bonchev–Trinajstić information content (AvgIpc) is 3.47. The fraction of sp³-hybridized carbons (Fsp3) is 0.688. The van der Waals surface area contributed by atoms with E-state index in [4.69, 9.17) is 5.10 Å². The summed E-state index contributed by atoms with van der Waals surface area (Å²) >= 11 is 0. The quantitative estimate of drug-likeness (QED) is 0.349. The van der Waals surface area contributed by atoms with Gasteiger partial charge in [0.2, 0.25) is 0 Å². The monoisotopic (exact) mass is 520 g/mol. The molecule has 2 bridgehead atoms. The molecule has 4 aliphatic carbocycles. The number of benzene rings is 1. The van der Waals surface area contributed by atoms with E-state index in [1.807, 2.05) is 6.07 Å². The standard InChI is InChI=1S/C32H45FN4O/c1-31(2)23-16-17-32(3,20-23)30(31)36(34)29(38)27-26-15-8-7-11-22(18-21-10-9-12-24(33)19-21)28(26)37(35-27)25-13-5-4-6-14-25/h9-10,12,19,22-23,25,30,34,36H,4-8,11,13-18,20H2,1-3H3/t22?,23?,30-,32?/m1/s1. The summed E-state index contributed by atoms with van der Waals surface area (Å²) in [7, 11) is 0. The van der Waals surface area contributed by atoms with Crippen LogP contribution >= 0.6 is 0 Å². The van der Waals surface area contributed by atoms with E-state index in [0.717, 1.165) is 68.9 Å². The van der Waals surface area contributed by atoms with Gasteiger partial charge in [-0.3, -0.25) is 4.68 Å². The van der Waals surface area contributed by atoms with Crippen LogP contribution in [0.3, 0.4) is 0 Å². The summed E-state index contributed by atoms with van der Waals surface area (Å²) in [4.78, 5) is 14.3. The third kappa shape index (κ3) is 4.36. The van der Waals surface area contributed by atoms with Crippen LogP contribution in [0.15, 0.2) is 24.3 Å². The van der Waals surface area contributed by atoms with Crippen molar-refractivity contribution in [2.45, 2.75) is 122 Å². The van der Waals surface area contributed by atoms with Gasteiger partial charge in [0.25, 0.3) is 0 Å². The van der Waals surface area contributed by atoms with E-state index in [1.54, 1.807) is 12.1 Å². The Hall–Kier alpha value is -2.05. The number of hydrogen-bond donors (Lipinski definition) is 1. The number of carbonyl (C=O) groups excluding carboxylic acids is 1. The highest BCUT2D eigenvalue weighted by Gasteiger charge is 2.63. The zero-order valence-electron chi connectivity index (χ0n) is 23.5. The number of fused-ring (bicyclic) bond motifs is 3. The van der Waals surface area contributed by atoms with Crippen LogP contribution in [-0.2, 0) is 12.8 Å². The highest BCUT2D eigenvalue weighted by Crippen LogP contribution is 2.61. The zero-order chi connectivity index (χ0) is 26.7. The van der Waals surface area contributed by atoms with Crippen LogP contribution in [0.5, 0.6) is 0 Å². The minimum atomic E-state index is -0.191. The molecular weight excluding hydrogens is 475 g/mol. The van der Waals surface area contributed by atoms with Gasteiger partial charge in [-0.25, -0.2) is 9.18 Å². The van der Waals surface area contributed by atoms with Gasteiger partial charge in [0.15, 0.2) is 5.69 Å². The lowest BCUT2D eigenvalue weighted by Gasteiger charge is -2.46. The molecule has 6 rings (SSSR count). The summed E-state index contributed by atoms with van der Waals surface area (Å²) < 4.78 is 16.3. The molecule has 0 saturated heterocycles. The van der Waals surface area contributed by atoms with Crippen LogP contribution in [-0.4, -0.2) is 21.7 Å². The van der Waals surface area contributed by atoms with Crippen LogP contribution in [0.1, 0.15) is 131 Å². The van der Waals surface area contributed by atoms with E-state index in [1.165, 1.54) is 37.4 Å². The maximum atomic E-state index is 14.3. The van der Waals surface area contributed by atoms with Crippen molar-refractivity contribution in [2.75, 3.05) is 0 Å². The summed E-state index contributed by atoms with van der Waals surface area (Å²) in [6.45, 7) is 6.87. The summed E-state index contributed by atoms with van der Waals surface area (Å²) in [5.41, 5.74) is 3.90. The molecule has 5 nitrogen and oxygen atoms in total. The van der Waals surface area contributed by atoms with Crippen LogP contribution in [0.2, 0.25) is 0 Å². The molecule has 0 aliphatic heterocycles. The Morgan fingerprint density at radius 2 is 1.87 bits per heavy atom. The molecule has 1 aromatic heterocycles. The summed E-state index contributed by atoms with van der Waals surface area (Å²) in [5.74, 6) is 9.80. The van der Waals surface area contributed by atoms with Crippen molar-refractivity contribution in [3.05, 3.63) is 58.4 Å². The molecule has 4 unspecified atom stereocenters. The van der Waals surface area contributed by atoms with Crippen molar-refractivity contribution >= 4 is 5.91 Å². The largest absolute Gasteiger partial charge is 0.461 e. The number of carbonyl (C=O) groups is 1. The van der Waals surface area contributed by atoms with Gasteiger partial charge in [-0.1, -0.05) is 58.6 Å². The molecule has 6 heteroatoms. The molecule has 1 amide bonds. The highest BCUT2D eigenvalue weighted by atomic mass is 19.1. The molecule has 38 heavy (non-hydrogen) atoms. The summed E-state index contributed by atoms with van der Waals surface area (Å²) in [5, 5.41) is 5.44. The van der Waals surface area contributed by atoms with Gasteiger partial charge in [0, 0.05) is 28.0 Å². The first-order valence-corrected chi connectivity index (χ1v) is 15.2. The topological polar surface area (TPSA) is 63.1 Å². The van der Waals surface area contributed by atoms with E-state index in [2.05, 4.69) is 25.5 Å². The van der Waals surface area contributed by atoms with E-state index in [-0.39, 0.29) is 34.5 Å². The molecule has 0 radical (unpaired) electrons. The Kier molecular flexibility index (Phi) is 6.79. The Labute approximate surface area is 227 Å². The second-order valence-electron chi connectivity index (χ2n) is 13.8. The van der Waals surface area contributed by atoms with Crippen molar-refractivity contribution in [2.24, 2.45) is 16.7 Å². The Bertz CT molecular complexity index is 1190. The van der Waals surface area contributed by atoms with Crippen molar-refractivity contribution in [1.82, 2.24) is 9.78 Å². The van der Waals surface area contributed by atoms with Gasteiger partial charge in [-0.05, 0) is 81.4 Å². The number of rotatable bonds is 5. The van der Waals surface area contributed by atoms with Crippen molar-refractivity contribution < 1.29 is 14.2 Å². The third-order valence-corrected chi connectivity index (χ3v) is 11.0. The number of halogens is 1. The van der Waals surface area contributed by atoms with Gasteiger partial charge in [0.1, 0.15) is 5.82 Å². The van der Waals surface area contributed by atoms with Gasteiger partial charge >= 0.3 is 5.91 Å². The molecule has 5 atom stereocenters. The summed E-state index contributed by atoms with van der Waals surface area (Å²) in [6, 6.07) is 7.30. The minimum absolute atomic E-state index is 0.00870. The first-order chi connectivity index (χ1) is 18.2. The lowest BCUT2D eigenvalue weighted by atomic mass is 9.68. The van der Waals surface area contributed by atoms with Crippen LogP contribution in [0.4, 0.5) is 4.39 Å². The van der Waals surface area contributed by atoms with Gasteiger partial charge in [-0.2, -0.15) is 5.10 Å². The average molecular weight is 521 g/mol. The van der Waals surface area contributed by atoms with Crippen LogP contribution < -0.4 is 5.01 Å². The molecule has 0 spiro atoms. The number of nitrogens with zero attached hydrogens (tertiary/aromatic N) is 2. The van der Waals surface area contributed by atoms with Crippen LogP contribution in [0.25, 0.3) is 5.84 Å². The molecule has 3 fully saturated rings. The molecule has 206 valence electrons. The first-order valence-electron chi connectivity index (χ1n) is 15.2. The van der Waals surface area contributed by atoms with Crippen molar-refractivity contribution in [3.63, 3.8) is 0 Å². The predicted molar refractivity (Wildman–Crippen MR) is 147 cm³/mol. The molecular formula is C32H45FN4O. The third-order valence-electron chi connectivity index (χ3n) is 11.0. The smallest absolute Gasteiger partial charge is 0.355 e. The van der Waals surface area contributed by atoms with Crippen LogP contribution in [0, 0.1) is 22.6 Å². The van der Waals surface area contributed by atoms with Crippen molar-refractivity contribution in [3.8, 4) is 0 Å². The molecule has 3 saturated carbocycles. The van der Waals surface area contributed by atoms with Gasteiger partial charge in [-0.15, -0.1) is 0 Å². The predicted octanol–water partition coefficient (Wildman–Crippen LogP) is 6.79. The van der Waals surface area contributed by atoms with E-state index < -0.39 is 0 Å². The number of quaternary nitrogens is 1. The fourth-order valence-corrected chi connectivity index (χ4v) is 9.21. The number of hydrogen-bond acceptors (Lipinski definition) is 2. The van der Waals surface area contributed by atoms with Crippen molar-refractivity contribution in [1.29, 1.82) is 0 Å².